The highest BCUT2D eigenvalue weighted by Crippen LogP contribution is 2.37. The van der Waals surface area contributed by atoms with Crippen molar-refractivity contribution in [3.63, 3.8) is 0 Å². The summed E-state index contributed by atoms with van der Waals surface area (Å²) in [5.74, 6) is 1.14. The minimum absolute atomic E-state index is 0.0853. The number of carbonyl (C=O) groups is 1. The second-order valence-corrected chi connectivity index (χ2v) is 12.0. The molecule has 0 fully saturated rings. The fraction of sp³-hybridized carbons (Fsp3) is 0.692. The number of aromatic nitrogens is 1. The summed E-state index contributed by atoms with van der Waals surface area (Å²) in [7, 11) is -1.77. The molecule has 1 aromatic rings. The Morgan fingerprint density at radius 3 is 2.63 bits per heavy atom. The lowest BCUT2D eigenvalue weighted by atomic mass is 10.2. The maximum Gasteiger partial charge on any atom is 0.218 e. The van der Waals surface area contributed by atoms with E-state index in [1.165, 1.54) is 11.8 Å². The lowest BCUT2D eigenvalue weighted by molar-refractivity contribution is -0.109. The minimum atomic E-state index is -1.77. The molecule has 1 rings (SSSR count). The molecular weight excluding hydrogens is 278 g/mol. The molecule has 0 aliphatic rings. The van der Waals surface area contributed by atoms with Crippen LogP contribution in [0.1, 0.15) is 39.3 Å². The van der Waals surface area contributed by atoms with Crippen LogP contribution in [-0.4, -0.2) is 18.4 Å². The first-order valence-corrected chi connectivity index (χ1v) is 10.2. The first-order valence-electron chi connectivity index (χ1n) is 6.32. The van der Waals surface area contributed by atoms with Gasteiger partial charge in [-0.15, -0.1) is 0 Å². The first kappa shape index (κ1) is 16.5. The molecule has 0 radical (unpaired) electrons. The topological polar surface area (TPSA) is 52.3 Å². The van der Waals surface area contributed by atoms with E-state index in [0.717, 1.165) is 5.69 Å². The summed E-state index contributed by atoms with van der Waals surface area (Å²) < 4.78 is 11.4. The van der Waals surface area contributed by atoms with Crippen molar-refractivity contribution >= 4 is 25.2 Å². The van der Waals surface area contributed by atoms with Crippen molar-refractivity contribution in [1.82, 2.24) is 4.98 Å². The second kappa shape index (κ2) is 6.24. The van der Waals surface area contributed by atoms with Gasteiger partial charge in [0.2, 0.25) is 5.89 Å². The van der Waals surface area contributed by atoms with Gasteiger partial charge in [0, 0.05) is 12.7 Å². The van der Waals surface area contributed by atoms with E-state index < -0.39 is 8.32 Å². The molecule has 0 aliphatic heterocycles. The first-order chi connectivity index (χ1) is 8.62. The number of hydrogen-bond donors (Lipinski definition) is 0. The smallest absolute Gasteiger partial charge is 0.218 e. The van der Waals surface area contributed by atoms with Crippen molar-refractivity contribution in [3.8, 4) is 0 Å². The predicted octanol–water partition coefficient (Wildman–Crippen LogP) is 3.98. The van der Waals surface area contributed by atoms with Crippen LogP contribution in [0.4, 0.5) is 0 Å². The second-order valence-electron chi connectivity index (χ2n) is 6.06. The Kier molecular flexibility index (Phi) is 5.40. The van der Waals surface area contributed by atoms with E-state index in [9.17, 15) is 4.79 Å². The van der Waals surface area contributed by atoms with Crippen molar-refractivity contribution in [2.75, 3.05) is 0 Å². The third kappa shape index (κ3) is 5.12. The Balaban J connectivity index is 2.53. The molecule has 4 nitrogen and oxygen atoms in total. The van der Waals surface area contributed by atoms with Gasteiger partial charge in [-0.2, -0.15) is 0 Å². The molecule has 6 heteroatoms. The van der Waals surface area contributed by atoms with Gasteiger partial charge < -0.3 is 8.84 Å². The van der Waals surface area contributed by atoms with Gasteiger partial charge in [-0.05, 0) is 18.1 Å². The average Bonchev–Trinajstić information content (AvgIpc) is 2.70. The molecule has 0 aromatic carbocycles. The summed E-state index contributed by atoms with van der Waals surface area (Å²) in [4.78, 5) is 15.2. The van der Waals surface area contributed by atoms with Crippen LogP contribution in [-0.2, 0) is 21.6 Å². The van der Waals surface area contributed by atoms with Crippen molar-refractivity contribution in [2.45, 2.75) is 58.2 Å². The van der Waals surface area contributed by atoms with E-state index >= 15 is 0 Å². The Labute approximate surface area is 120 Å². The lowest BCUT2D eigenvalue weighted by Gasteiger charge is -2.35. The summed E-state index contributed by atoms with van der Waals surface area (Å²) in [6.45, 7) is 12.9. The van der Waals surface area contributed by atoms with Crippen LogP contribution < -0.4 is 0 Å². The number of hydrogen-bond acceptors (Lipinski definition) is 5. The molecule has 0 unspecified atom stereocenters. The molecule has 108 valence electrons. The SMILES string of the molecule is CC(=O)SCc1coc(CO[Si](C)(C)C(C)(C)C)n1. The van der Waals surface area contributed by atoms with Gasteiger partial charge in [0.1, 0.15) is 12.9 Å². The van der Waals surface area contributed by atoms with Gasteiger partial charge >= 0.3 is 0 Å². The molecule has 0 amide bonds. The van der Waals surface area contributed by atoms with Crippen LogP contribution in [0.5, 0.6) is 0 Å². The Morgan fingerprint density at radius 1 is 1.47 bits per heavy atom. The maximum absolute atomic E-state index is 10.9. The fourth-order valence-corrected chi connectivity index (χ4v) is 2.52. The predicted molar refractivity (Wildman–Crippen MR) is 80.5 cm³/mol. The van der Waals surface area contributed by atoms with Crippen LogP contribution in [0.2, 0.25) is 18.1 Å². The Morgan fingerprint density at radius 2 is 2.11 bits per heavy atom. The van der Waals surface area contributed by atoms with Gasteiger partial charge in [0.15, 0.2) is 13.4 Å². The summed E-state index contributed by atoms with van der Waals surface area (Å²) in [6, 6.07) is 0. The largest absolute Gasteiger partial charge is 0.446 e. The molecule has 0 spiro atoms. The average molecular weight is 301 g/mol. The molecule has 1 heterocycles. The van der Waals surface area contributed by atoms with E-state index in [0.29, 0.717) is 18.3 Å². The third-order valence-corrected chi connectivity index (χ3v) is 8.71. The van der Waals surface area contributed by atoms with E-state index in [2.05, 4.69) is 38.8 Å². The molecule has 1 aromatic heterocycles. The van der Waals surface area contributed by atoms with E-state index in [1.807, 2.05) is 0 Å². The van der Waals surface area contributed by atoms with Crippen LogP contribution in [0.3, 0.4) is 0 Å². The zero-order valence-electron chi connectivity index (χ0n) is 12.6. The molecule has 0 atom stereocenters. The van der Waals surface area contributed by atoms with Gasteiger partial charge in [-0.25, -0.2) is 4.98 Å². The van der Waals surface area contributed by atoms with E-state index in [-0.39, 0.29) is 10.2 Å². The normalized spacial score (nSPS) is 12.7. The van der Waals surface area contributed by atoms with Gasteiger partial charge in [-0.3, -0.25) is 4.79 Å². The number of thioether (sulfide) groups is 1. The maximum atomic E-state index is 10.9. The van der Waals surface area contributed by atoms with E-state index in [1.54, 1.807) is 13.2 Å². The summed E-state index contributed by atoms with van der Waals surface area (Å²) in [6.07, 6.45) is 1.60. The third-order valence-electron chi connectivity index (χ3n) is 3.39. The molecule has 19 heavy (non-hydrogen) atoms. The van der Waals surface area contributed by atoms with Crippen LogP contribution >= 0.6 is 11.8 Å². The summed E-state index contributed by atoms with van der Waals surface area (Å²) in [5, 5.41) is 0.259. The van der Waals surface area contributed by atoms with Crippen LogP contribution in [0, 0.1) is 0 Å². The standard InChI is InChI=1S/C13H23NO3SSi/c1-10(15)18-9-11-7-16-12(14-11)8-17-19(5,6)13(2,3)4/h7H,8-9H2,1-6H3. The highest BCUT2D eigenvalue weighted by molar-refractivity contribution is 8.12. The number of rotatable bonds is 5. The molecule has 0 saturated carbocycles. The van der Waals surface area contributed by atoms with Crippen molar-refractivity contribution in [2.24, 2.45) is 0 Å². The molecule has 0 aliphatic carbocycles. The highest BCUT2D eigenvalue weighted by atomic mass is 32.2. The molecule has 0 bridgehead atoms. The molecular formula is C13H23NO3SSi. The monoisotopic (exact) mass is 301 g/mol. The number of carbonyl (C=O) groups excluding carboxylic acids is 1. The van der Waals surface area contributed by atoms with E-state index in [4.69, 9.17) is 8.84 Å². The van der Waals surface area contributed by atoms with Gasteiger partial charge in [-0.1, -0.05) is 32.5 Å². The zero-order chi connectivity index (χ0) is 14.7. The molecule has 0 N–H and O–H groups in total. The Hall–Kier alpha value is -0.593. The number of oxazole rings is 1. The Bertz CT molecular complexity index is 437. The van der Waals surface area contributed by atoms with Crippen LogP contribution in [0.25, 0.3) is 0 Å². The van der Waals surface area contributed by atoms with Crippen LogP contribution in [0.15, 0.2) is 10.7 Å². The zero-order valence-corrected chi connectivity index (χ0v) is 14.4. The van der Waals surface area contributed by atoms with Crippen molar-refractivity contribution in [1.29, 1.82) is 0 Å². The minimum Gasteiger partial charge on any atom is -0.446 e. The fourth-order valence-electron chi connectivity index (χ4n) is 1.12. The number of nitrogens with zero attached hydrogens (tertiary/aromatic N) is 1. The summed E-state index contributed by atoms with van der Waals surface area (Å²) >= 11 is 1.23. The highest BCUT2D eigenvalue weighted by Gasteiger charge is 2.37. The quantitative estimate of drug-likeness (QED) is 0.770. The molecule has 0 saturated heterocycles. The van der Waals surface area contributed by atoms with Crippen molar-refractivity contribution in [3.05, 3.63) is 17.8 Å². The van der Waals surface area contributed by atoms with Gasteiger partial charge in [0.25, 0.3) is 0 Å². The van der Waals surface area contributed by atoms with Gasteiger partial charge in [0.05, 0.1) is 5.69 Å². The summed E-state index contributed by atoms with van der Waals surface area (Å²) in [5.41, 5.74) is 0.786. The van der Waals surface area contributed by atoms with Crippen molar-refractivity contribution < 1.29 is 13.6 Å². The lowest BCUT2D eigenvalue weighted by Crippen LogP contribution is -2.40.